The molecular formula is C26H23FN2O. The molecule has 0 atom stereocenters. The molecule has 0 aliphatic heterocycles. The quantitative estimate of drug-likeness (QED) is 0.465. The molecule has 4 heteroatoms. The number of nitrogens with one attached hydrogen (secondary N) is 1. The van der Waals surface area contributed by atoms with Crippen LogP contribution in [0.5, 0.6) is 0 Å². The van der Waals surface area contributed by atoms with Gasteiger partial charge in [-0.25, -0.2) is 9.37 Å². The maximum absolute atomic E-state index is 13.1. The number of pyridine rings is 1. The van der Waals surface area contributed by atoms with Crippen molar-refractivity contribution in [2.24, 2.45) is 0 Å². The molecule has 1 amide bonds. The second-order valence-corrected chi connectivity index (χ2v) is 7.68. The molecular weight excluding hydrogens is 375 g/mol. The summed E-state index contributed by atoms with van der Waals surface area (Å²) in [6.07, 6.45) is 0. The first kappa shape index (κ1) is 19.8. The van der Waals surface area contributed by atoms with Gasteiger partial charge in [-0.15, -0.1) is 0 Å². The summed E-state index contributed by atoms with van der Waals surface area (Å²) in [7, 11) is 0. The lowest BCUT2D eigenvalue weighted by atomic mass is 9.99. The maximum Gasteiger partial charge on any atom is 0.252 e. The molecule has 0 radical (unpaired) electrons. The van der Waals surface area contributed by atoms with Crippen molar-refractivity contribution in [2.75, 3.05) is 0 Å². The van der Waals surface area contributed by atoms with E-state index in [2.05, 4.69) is 31.3 Å². The fourth-order valence-electron chi connectivity index (χ4n) is 3.46. The standard InChI is InChI=1S/C26H23FN2O/c1-16-4-11-24-22(12-16)23(26(30)28-15-19-6-9-21(27)10-7-19)14-25(29-24)20-8-5-17(2)18(3)13-20/h4-14H,15H2,1-3H3,(H,28,30). The molecule has 150 valence electrons. The molecule has 1 N–H and O–H groups in total. The normalized spacial score (nSPS) is 10.9. The van der Waals surface area contributed by atoms with Crippen LogP contribution >= 0.6 is 0 Å². The number of hydrogen-bond acceptors (Lipinski definition) is 2. The minimum atomic E-state index is -0.293. The van der Waals surface area contributed by atoms with Gasteiger partial charge in [-0.1, -0.05) is 35.9 Å². The molecule has 0 aliphatic rings. The summed E-state index contributed by atoms with van der Waals surface area (Å²) in [5.41, 5.74) is 7.41. The molecule has 4 rings (SSSR count). The second-order valence-electron chi connectivity index (χ2n) is 7.68. The van der Waals surface area contributed by atoms with Gasteiger partial charge in [0, 0.05) is 17.5 Å². The Morgan fingerprint density at radius 2 is 1.67 bits per heavy atom. The van der Waals surface area contributed by atoms with E-state index in [1.54, 1.807) is 12.1 Å². The zero-order valence-electron chi connectivity index (χ0n) is 17.3. The van der Waals surface area contributed by atoms with E-state index in [0.29, 0.717) is 12.1 Å². The highest BCUT2D eigenvalue weighted by Gasteiger charge is 2.15. The summed E-state index contributed by atoms with van der Waals surface area (Å²) in [5, 5.41) is 3.78. The molecule has 0 aliphatic carbocycles. The lowest BCUT2D eigenvalue weighted by Crippen LogP contribution is -2.23. The van der Waals surface area contributed by atoms with E-state index < -0.39 is 0 Å². The predicted molar refractivity (Wildman–Crippen MR) is 119 cm³/mol. The first-order valence-corrected chi connectivity index (χ1v) is 9.92. The minimum Gasteiger partial charge on any atom is -0.348 e. The number of aryl methyl sites for hydroxylation is 3. The number of nitrogens with zero attached hydrogens (tertiary/aromatic N) is 1. The second kappa shape index (κ2) is 8.07. The molecule has 3 aromatic carbocycles. The smallest absolute Gasteiger partial charge is 0.252 e. The van der Waals surface area contributed by atoms with Crippen molar-refractivity contribution < 1.29 is 9.18 Å². The first-order chi connectivity index (χ1) is 14.4. The molecule has 3 nitrogen and oxygen atoms in total. The molecule has 1 aromatic heterocycles. The summed E-state index contributed by atoms with van der Waals surface area (Å²) in [4.78, 5) is 17.9. The predicted octanol–water partition coefficient (Wildman–Crippen LogP) is 5.90. The number of carbonyl (C=O) groups excluding carboxylic acids is 1. The van der Waals surface area contributed by atoms with E-state index in [4.69, 9.17) is 4.98 Å². The third kappa shape index (κ3) is 4.08. The van der Waals surface area contributed by atoms with Gasteiger partial charge in [0.05, 0.1) is 16.8 Å². The molecule has 0 fully saturated rings. The summed E-state index contributed by atoms with van der Waals surface area (Å²) in [6, 6.07) is 20.1. The monoisotopic (exact) mass is 398 g/mol. The number of amides is 1. The van der Waals surface area contributed by atoms with Gasteiger partial charge in [-0.3, -0.25) is 4.79 Å². The SMILES string of the molecule is Cc1ccc2nc(-c3ccc(C)c(C)c3)cc(C(=O)NCc3ccc(F)cc3)c2c1. The summed E-state index contributed by atoms with van der Waals surface area (Å²) < 4.78 is 13.1. The zero-order chi connectivity index (χ0) is 21.3. The summed E-state index contributed by atoms with van der Waals surface area (Å²) >= 11 is 0. The number of hydrogen-bond donors (Lipinski definition) is 1. The van der Waals surface area contributed by atoms with Crippen molar-refractivity contribution in [2.45, 2.75) is 27.3 Å². The average molecular weight is 398 g/mol. The van der Waals surface area contributed by atoms with Crippen LogP contribution in [0.2, 0.25) is 0 Å². The number of fused-ring (bicyclic) bond motifs is 1. The van der Waals surface area contributed by atoms with Crippen molar-refractivity contribution in [1.82, 2.24) is 10.3 Å². The van der Waals surface area contributed by atoms with Crippen LogP contribution in [0.4, 0.5) is 4.39 Å². The molecule has 30 heavy (non-hydrogen) atoms. The van der Waals surface area contributed by atoms with Crippen LogP contribution in [0.1, 0.15) is 32.6 Å². The number of benzene rings is 3. The third-order valence-corrected chi connectivity index (χ3v) is 5.38. The first-order valence-electron chi connectivity index (χ1n) is 9.92. The molecule has 0 saturated carbocycles. The van der Waals surface area contributed by atoms with Crippen LogP contribution in [0.15, 0.2) is 66.7 Å². The molecule has 4 aromatic rings. The number of aromatic nitrogens is 1. The third-order valence-electron chi connectivity index (χ3n) is 5.38. The summed E-state index contributed by atoms with van der Waals surface area (Å²) in [5.74, 6) is -0.471. The fraction of sp³-hybridized carbons (Fsp3) is 0.154. The lowest BCUT2D eigenvalue weighted by Gasteiger charge is -2.12. The van der Waals surface area contributed by atoms with Crippen LogP contribution in [-0.4, -0.2) is 10.9 Å². The summed E-state index contributed by atoms with van der Waals surface area (Å²) in [6.45, 7) is 6.47. The fourth-order valence-corrected chi connectivity index (χ4v) is 3.46. The van der Waals surface area contributed by atoms with Crippen LogP contribution < -0.4 is 5.32 Å². The molecule has 1 heterocycles. The van der Waals surface area contributed by atoms with Crippen molar-refractivity contribution in [3.8, 4) is 11.3 Å². The average Bonchev–Trinajstić information content (AvgIpc) is 2.74. The van der Waals surface area contributed by atoms with E-state index in [1.807, 2.05) is 37.3 Å². The van der Waals surface area contributed by atoms with Crippen molar-refractivity contribution in [3.05, 3.63) is 100 Å². The van der Waals surface area contributed by atoms with Gasteiger partial charge in [-0.05, 0) is 73.9 Å². The van der Waals surface area contributed by atoms with Crippen molar-refractivity contribution in [3.63, 3.8) is 0 Å². The number of carbonyl (C=O) groups is 1. The number of halogens is 1. The Labute approximate surface area is 175 Å². The maximum atomic E-state index is 13.1. The van der Waals surface area contributed by atoms with Gasteiger partial charge in [0.15, 0.2) is 0 Å². The van der Waals surface area contributed by atoms with Crippen LogP contribution in [0.25, 0.3) is 22.2 Å². The van der Waals surface area contributed by atoms with Crippen molar-refractivity contribution >= 4 is 16.8 Å². The lowest BCUT2D eigenvalue weighted by molar-refractivity contribution is 0.0952. The molecule has 0 unspecified atom stereocenters. The Bertz CT molecular complexity index is 1250. The zero-order valence-corrected chi connectivity index (χ0v) is 17.3. The van der Waals surface area contributed by atoms with Crippen LogP contribution in [0, 0.1) is 26.6 Å². The number of rotatable bonds is 4. The van der Waals surface area contributed by atoms with Crippen LogP contribution in [0.3, 0.4) is 0 Å². The molecule has 0 saturated heterocycles. The Balaban J connectivity index is 1.74. The van der Waals surface area contributed by atoms with E-state index >= 15 is 0 Å². The van der Waals surface area contributed by atoms with E-state index in [1.165, 1.54) is 23.3 Å². The topological polar surface area (TPSA) is 42.0 Å². The van der Waals surface area contributed by atoms with E-state index in [9.17, 15) is 9.18 Å². The van der Waals surface area contributed by atoms with Gasteiger partial charge in [0.2, 0.25) is 0 Å². The Morgan fingerprint density at radius 3 is 2.40 bits per heavy atom. The Hall–Kier alpha value is -3.53. The largest absolute Gasteiger partial charge is 0.348 e. The van der Waals surface area contributed by atoms with Gasteiger partial charge >= 0.3 is 0 Å². The van der Waals surface area contributed by atoms with Gasteiger partial charge in [-0.2, -0.15) is 0 Å². The highest BCUT2D eigenvalue weighted by Crippen LogP contribution is 2.27. The molecule has 0 spiro atoms. The van der Waals surface area contributed by atoms with Crippen molar-refractivity contribution in [1.29, 1.82) is 0 Å². The Kier molecular flexibility index (Phi) is 5.32. The van der Waals surface area contributed by atoms with Crippen LogP contribution in [-0.2, 0) is 6.54 Å². The van der Waals surface area contributed by atoms with E-state index in [0.717, 1.165) is 33.3 Å². The highest BCUT2D eigenvalue weighted by atomic mass is 19.1. The highest BCUT2D eigenvalue weighted by molar-refractivity contribution is 6.07. The minimum absolute atomic E-state index is 0.178. The molecule has 0 bridgehead atoms. The van der Waals surface area contributed by atoms with Gasteiger partial charge in [0.1, 0.15) is 5.82 Å². The van der Waals surface area contributed by atoms with Gasteiger partial charge < -0.3 is 5.32 Å². The van der Waals surface area contributed by atoms with Gasteiger partial charge in [0.25, 0.3) is 5.91 Å². The van der Waals surface area contributed by atoms with E-state index in [-0.39, 0.29) is 11.7 Å². The Morgan fingerprint density at radius 1 is 0.900 bits per heavy atom.